The SMILES string of the molecule is Cc1c(F)ccc(F)c1CSc1cc(O)c(C(=O)NCC(=O)O)c2ncnn12. The first kappa shape index (κ1) is 19.5. The Bertz CT molecular complexity index is 1090. The fraction of sp³-hybridized carbons (Fsp3) is 0.176. The molecule has 0 saturated heterocycles. The number of fused-ring (bicyclic) bond motifs is 1. The molecule has 0 saturated carbocycles. The lowest BCUT2D eigenvalue weighted by Crippen LogP contribution is -2.29. The zero-order valence-electron chi connectivity index (χ0n) is 14.4. The third kappa shape index (κ3) is 3.74. The fourth-order valence-electron chi connectivity index (χ4n) is 2.52. The third-order valence-electron chi connectivity index (χ3n) is 3.96. The second kappa shape index (κ2) is 7.80. The number of aromatic nitrogens is 3. The van der Waals surface area contributed by atoms with E-state index in [1.165, 1.54) is 17.5 Å². The summed E-state index contributed by atoms with van der Waals surface area (Å²) in [6, 6.07) is 3.32. The van der Waals surface area contributed by atoms with Crippen molar-refractivity contribution >= 4 is 29.3 Å². The molecule has 2 heterocycles. The number of carbonyl (C=O) groups excluding carboxylic acids is 1. The van der Waals surface area contributed by atoms with Gasteiger partial charge < -0.3 is 15.5 Å². The number of thioether (sulfide) groups is 1. The summed E-state index contributed by atoms with van der Waals surface area (Å²) in [5.41, 5.74) is 0.107. The van der Waals surface area contributed by atoms with Crippen molar-refractivity contribution < 1.29 is 28.6 Å². The number of benzene rings is 1. The zero-order valence-corrected chi connectivity index (χ0v) is 15.3. The monoisotopic (exact) mass is 408 g/mol. The minimum atomic E-state index is -1.25. The van der Waals surface area contributed by atoms with Crippen LogP contribution >= 0.6 is 11.8 Å². The van der Waals surface area contributed by atoms with Crippen molar-refractivity contribution in [3.63, 3.8) is 0 Å². The Hall–Kier alpha value is -3.21. The summed E-state index contributed by atoms with van der Waals surface area (Å²) < 4.78 is 29.0. The number of hydrogen-bond donors (Lipinski definition) is 3. The molecule has 3 rings (SSSR count). The fourth-order valence-corrected chi connectivity index (χ4v) is 3.62. The Balaban J connectivity index is 1.93. The number of pyridine rings is 1. The number of carbonyl (C=O) groups is 2. The van der Waals surface area contributed by atoms with Crippen LogP contribution in [0.1, 0.15) is 21.5 Å². The molecule has 11 heteroatoms. The summed E-state index contributed by atoms with van der Waals surface area (Å²) in [4.78, 5) is 26.7. The van der Waals surface area contributed by atoms with E-state index in [2.05, 4.69) is 15.4 Å². The van der Waals surface area contributed by atoms with Gasteiger partial charge in [0.05, 0.1) is 0 Å². The Morgan fingerprint density at radius 3 is 2.71 bits per heavy atom. The first-order valence-corrected chi connectivity index (χ1v) is 8.90. The maximum absolute atomic E-state index is 14.0. The first-order chi connectivity index (χ1) is 13.3. The Morgan fingerprint density at radius 1 is 1.29 bits per heavy atom. The lowest BCUT2D eigenvalue weighted by atomic mass is 10.1. The van der Waals surface area contributed by atoms with Crippen LogP contribution in [0.5, 0.6) is 5.75 Å². The number of halogens is 2. The molecule has 0 radical (unpaired) electrons. The van der Waals surface area contributed by atoms with Crippen LogP contribution in [0, 0.1) is 18.6 Å². The number of amides is 1. The molecule has 3 aromatic rings. The van der Waals surface area contributed by atoms with Gasteiger partial charge in [0.1, 0.15) is 40.8 Å². The number of rotatable bonds is 6. The molecule has 2 aromatic heterocycles. The molecular formula is C17H14F2N4O4S. The summed E-state index contributed by atoms with van der Waals surface area (Å²) in [5.74, 6) is -3.56. The first-order valence-electron chi connectivity index (χ1n) is 7.91. The van der Waals surface area contributed by atoms with Crippen LogP contribution in [0.3, 0.4) is 0 Å². The average Bonchev–Trinajstić information content (AvgIpc) is 3.12. The van der Waals surface area contributed by atoms with Gasteiger partial charge in [-0.25, -0.2) is 18.3 Å². The highest BCUT2D eigenvalue weighted by atomic mass is 32.2. The molecule has 1 amide bonds. The maximum Gasteiger partial charge on any atom is 0.322 e. The van der Waals surface area contributed by atoms with Crippen LogP contribution < -0.4 is 5.32 Å². The van der Waals surface area contributed by atoms with Crippen LogP contribution in [0.25, 0.3) is 5.65 Å². The summed E-state index contributed by atoms with van der Waals surface area (Å²) in [7, 11) is 0. The second-order valence-electron chi connectivity index (χ2n) is 5.74. The molecule has 1 aromatic carbocycles. The van der Waals surface area contributed by atoms with Gasteiger partial charge in [0.15, 0.2) is 5.65 Å². The summed E-state index contributed by atoms with van der Waals surface area (Å²) in [5, 5.41) is 25.4. The van der Waals surface area contributed by atoms with Gasteiger partial charge in [0, 0.05) is 17.4 Å². The van der Waals surface area contributed by atoms with Crippen molar-refractivity contribution in [3.8, 4) is 5.75 Å². The minimum Gasteiger partial charge on any atom is -0.507 e. The molecule has 0 unspecified atom stereocenters. The van der Waals surface area contributed by atoms with E-state index in [0.29, 0.717) is 5.03 Å². The second-order valence-corrected chi connectivity index (χ2v) is 6.73. The summed E-state index contributed by atoms with van der Waals surface area (Å²) in [6.07, 6.45) is 1.15. The van der Waals surface area contributed by atoms with E-state index in [9.17, 15) is 23.5 Å². The van der Waals surface area contributed by atoms with Gasteiger partial charge in [-0.1, -0.05) is 0 Å². The molecule has 0 fully saturated rings. The summed E-state index contributed by atoms with van der Waals surface area (Å²) >= 11 is 1.07. The van der Waals surface area contributed by atoms with Gasteiger partial charge in [-0.05, 0) is 24.6 Å². The zero-order chi connectivity index (χ0) is 20.4. The van der Waals surface area contributed by atoms with E-state index in [0.717, 1.165) is 30.2 Å². The lowest BCUT2D eigenvalue weighted by Gasteiger charge is -2.11. The van der Waals surface area contributed by atoms with Crippen LogP contribution in [0.4, 0.5) is 8.78 Å². The van der Waals surface area contributed by atoms with Crippen LogP contribution in [-0.4, -0.2) is 43.2 Å². The Labute approximate surface area is 161 Å². The number of nitrogens with one attached hydrogen (secondary N) is 1. The largest absolute Gasteiger partial charge is 0.507 e. The highest BCUT2D eigenvalue weighted by Gasteiger charge is 2.21. The molecule has 3 N–H and O–H groups in total. The van der Waals surface area contributed by atoms with Crippen molar-refractivity contribution in [2.45, 2.75) is 17.7 Å². The molecule has 0 spiro atoms. The standard InChI is InChI=1S/C17H14F2N4O4S/c1-8-9(11(19)3-2-10(8)18)6-28-13-4-12(24)15(16-21-7-22-23(13)16)17(27)20-5-14(25)26/h2-4,7,24H,5-6H2,1H3,(H,20,27)(H,25,26). The average molecular weight is 408 g/mol. The number of aromatic hydroxyl groups is 1. The molecule has 8 nitrogen and oxygen atoms in total. The quantitative estimate of drug-likeness (QED) is 0.535. The van der Waals surface area contributed by atoms with Gasteiger partial charge >= 0.3 is 5.97 Å². The highest BCUT2D eigenvalue weighted by Crippen LogP contribution is 2.32. The molecule has 0 aliphatic heterocycles. The van der Waals surface area contributed by atoms with E-state index in [-0.39, 0.29) is 28.1 Å². The van der Waals surface area contributed by atoms with Gasteiger partial charge in [0.25, 0.3) is 5.91 Å². The van der Waals surface area contributed by atoms with Gasteiger partial charge in [-0.15, -0.1) is 11.8 Å². The number of carboxylic acid groups (broad SMARTS) is 1. The van der Waals surface area contributed by atoms with Crippen LogP contribution in [0.15, 0.2) is 29.6 Å². The molecule has 0 bridgehead atoms. The number of hydrogen-bond acceptors (Lipinski definition) is 6. The van der Waals surface area contributed by atoms with Crippen molar-refractivity contribution in [1.29, 1.82) is 0 Å². The Morgan fingerprint density at radius 2 is 2.00 bits per heavy atom. The van der Waals surface area contributed by atoms with Gasteiger partial charge in [-0.2, -0.15) is 5.10 Å². The van der Waals surface area contributed by atoms with E-state index >= 15 is 0 Å². The molecule has 146 valence electrons. The number of aliphatic carboxylic acids is 1. The summed E-state index contributed by atoms with van der Waals surface area (Å²) in [6.45, 7) is 0.833. The van der Waals surface area contributed by atoms with E-state index in [1.54, 1.807) is 0 Å². The van der Waals surface area contributed by atoms with E-state index < -0.39 is 35.8 Å². The minimum absolute atomic E-state index is 0.00169. The predicted molar refractivity (Wildman–Crippen MR) is 95.3 cm³/mol. The van der Waals surface area contributed by atoms with Crippen molar-refractivity contribution in [1.82, 2.24) is 19.9 Å². The molecule has 0 atom stereocenters. The number of carboxylic acids is 1. The van der Waals surface area contributed by atoms with Crippen molar-refractivity contribution in [2.75, 3.05) is 6.54 Å². The third-order valence-corrected chi connectivity index (χ3v) is 4.98. The predicted octanol–water partition coefficient (Wildman–Crippen LogP) is 2.13. The smallest absolute Gasteiger partial charge is 0.322 e. The van der Waals surface area contributed by atoms with Crippen molar-refractivity contribution in [3.05, 3.63) is 52.9 Å². The number of nitrogens with zero attached hydrogens (tertiary/aromatic N) is 3. The van der Waals surface area contributed by atoms with E-state index in [4.69, 9.17) is 5.11 Å². The Kier molecular flexibility index (Phi) is 5.45. The van der Waals surface area contributed by atoms with Crippen LogP contribution in [0.2, 0.25) is 0 Å². The molecule has 0 aliphatic rings. The molecule has 28 heavy (non-hydrogen) atoms. The normalized spacial score (nSPS) is 11.0. The lowest BCUT2D eigenvalue weighted by molar-refractivity contribution is -0.135. The highest BCUT2D eigenvalue weighted by molar-refractivity contribution is 7.98. The molecule has 0 aliphatic carbocycles. The van der Waals surface area contributed by atoms with Crippen LogP contribution in [-0.2, 0) is 10.5 Å². The maximum atomic E-state index is 14.0. The topological polar surface area (TPSA) is 117 Å². The van der Waals surface area contributed by atoms with Gasteiger partial charge in [0.2, 0.25) is 0 Å². The molecular weight excluding hydrogens is 394 g/mol. The van der Waals surface area contributed by atoms with Gasteiger partial charge in [-0.3, -0.25) is 9.59 Å². The van der Waals surface area contributed by atoms with Crippen molar-refractivity contribution in [2.24, 2.45) is 0 Å². The van der Waals surface area contributed by atoms with E-state index in [1.807, 2.05) is 0 Å².